The minimum atomic E-state index is -3.48. The van der Waals surface area contributed by atoms with Crippen molar-refractivity contribution < 1.29 is 13.2 Å². The molecule has 6 heteroatoms. The van der Waals surface area contributed by atoms with Crippen LogP contribution in [0.15, 0.2) is 23.1 Å². The Kier molecular flexibility index (Phi) is 6.80. The second kappa shape index (κ2) is 7.89. The molecule has 0 fully saturated rings. The highest BCUT2D eigenvalue weighted by Gasteiger charge is 2.23. The summed E-state index contributed by atoms with van der Waals surface area (Å²) in [6, 6.07) is 5.38. The van der Waals surface area contributed by atoms with Gasteiger partial charge in [-0.3, -0.25) is 0 Å². The van der Waals surface area contributed by atoms with Gasteiger partial charge in [-0.25, -0.2) is 8.42 Å². The molecule has 1 aromatic carbocycles. The molecule has 5 nitrogen and oxygen atoms in total. The summed E-state index contributed by atoms with van der Waals surface area (Å²) in [6.07, 6.45) is 0.0989. The highest BCUT2D eigenvalue weighted by atomic mass is 32.2. The van der Waals surface area contributed by atoms with Crippen LogP contribution in [-0.2, 0) is 21.3 Å². The highest BCUT2D eigenvalue weighted by molar-refractivity contribution is 7.89. The van der Waals surface area contributed by atoms with Gasteiger partial charge in [-0.1, -0.05) is 12.1 Å². The number of rotatable bonds is 8. The van der Waals surface area contributed by atoms with Gasteiger partial charge in [0.2, 0.25) is 10.0 Å². The second-order valence-electron chi connectivity index (χ2n) is 5.32. The summed E-state index contributed by atoms with van der Waals surface area (Å²) < 4.78 is 32.0. The monoisotopic (exact) mass is 314 g/mol. The molecule has 0 bridgehead atoms. The summed E-state index contributed by atoms with van der Waals surface area (Å²) in [7, 11) is -0.0531. The van der Waals surface area contributed by atoms with Crippen LogP contribution in [0.3, 0.4) is 0 Å². The number of benzene rings is 1. The number of hydrogen-bond donors (Lipinski definition) is 1. The first-order valence-corrected chi connectivity index (χ1v) is 8.55. The third-order valence-electron chi connectivity index (χ3n) is 3.31. The van der Waals surface area contributed by atoms with Gasteiger partial charge in [0, 0.05) is 20.1 Å². The van der Waals surface area contributed by atoms with Crippen molar-refractivity contribution in [2.75, 3.05) is 27.2 Å². The Bertz CT molecular complexity index is 556. The number of ether oxygens (including phenoxy) is 1. The summed E-state index contributed by atoms with van der Waals surface area (Å²) in [5.41, 5.74) is 1.79. The third-order valence-corrected chi connectivity index (χ3v) is 5.31. The molecule has 0 aromatic heterocycles. The molecule has 21 heavy (non-hydrogen) atoms. The standard InChI is InChI=1S/C15H26N2O3S/c1-12(2)20-10-9-17(5)21(18,19)15-8-6-7-14(11-16-4)13(15)3/h6-8,12,16H,9-11H2,1-5H3. The molecule has 0 aliphatic heterocycles. The van der Waals surface area contributed by atoms with Crippen LogP contribution in [0.1, 0.15) is 25.0 Å². The molecule has 120 valence electrons. The highest BCUT2D eigenvalue weighted by Crippen LogP contribution is 2.21. The first kappa shape index (κ1) is 18.1. The lowest BCUT2D eigenvalue weighted by Crippen LogP contribution is -2.31. The van der Waals surface area contributed by atoms with Crippen molar-refractivity contribution in [1.82, 2.24) is 9.62 Å². The van der Waals surface area contributed by atoms with Gasteiger partial charge in [0.15, 0.2) is 0 Å². The van der Waals surface area contributed by atoms with Gasteiger partial charge in [0.1, 0.15) is 0 Å². The van der Waals surface area contributed by atoms with E-state index in [4.69, 9.17) is 4.74 Å². The first-order chi connectivity index (χ1) is 9.80. The van der Waals surface area contributed by atoms with E-state index in [-0.39, 0.29) is 6.10 Å². The fourth-order valence-corrected chi connectivity index (χ4v) is 3.45. The van der Waals surface area contributed by atoms with Crippen LogP contribution in [-0.4, -0.2) is 46.1 Å². The maximum absolute atomic E-state index is 12.6. The fraction of sp³-hybridized carbons (Fsp3) is 0.600. The summed E-state index contributed by atoms with van der Waals surface area (Å²) in [6.45, 7) is 7.09. The van der Waals surface area contributed by atoms with Crippen LogP contribution >= 0.6 is 0 Å². The smallest absolute Gasteiger partial charge is 0.243 e. The van der Waals surface area contributed by atoms with Crippen LogP contribution in [0, 0.1) is 6.92 Å². The summed E-state index contributed by atoms with van der Waals surface area (Å²) in [5, 5.41) is 3.05. The Morgan fingerprint density at radius 3 is 2.57 bits per heavy atom. The molecular weight excluding hydrogens is 288 g/mol. The Morgan fingerprint density at radius 1 is 1.33 bits per heavy atom. The van der Waals surface area contributed by atoms with Gasteiger partial charge in [0.05, 0.1) is 17.6 Å². The van der Waals surface area contributed by atoms with E-state index in [1.165, 1.54) is 4.31 Å². The van der Waals surface area contributed by atoms with Crippen molar-refractivity contribution in [2.45, 2.75) is 38.3 Å². The van der Waals surface area contributed by atoms with Crippen LogP contribution in [0.2, 0.25) is 0 Å². The van der Waals surface area contributed by atoms with Crippen molar-refractivity contribution in [3.8, 4) is 0 Å². The molecule has 0 saturated heterocycles. The van der Waals surface area contributed by atoms with Gasteiger partial charge < -0.3 is 10.1 Å². The molecule has 1 N–H and O–H groups in total. The van der Waals surface area contributed by atoms with E-state index >= 15 is 0 Å². The lowest BCUT2D eigenvalue weighted by Gasteiger charge is -2.20. The summed E-state index contributed by atoms with van der Waals surface area (Å²) >= 11 is 0. The summed E-state index contributed by atoms with van der Waals surface area (Å²) in [4.78, 5) is 0.363. The molecule has 0 radical (unpaired) electrons. The van der Waals surface area contributed by atoms with Crippen molar-refractivity contribution >= 4 is 10.0 Å². The molecule has 1 aromatic rings. The molecule has 0 spiro atoms. The normalized spacial score (nSPS) is 12.3. The predicted molar refractivity (Wildman–Crippen MR) is 84.8 cm³/mol. The zero-order chi connectivity index (χ0) is 16.0. The first-order valence-electron chi connectivity index (χ1n) is 7.11. The third kappa shape index (κ3) is 4.78. The molecular formula is C15H26N2O3S. The van der Waals surface area contributed by atoms with Crippen LogP contribution in [0.4, 0.5) is 0 Å². The van der Waals surface area contributed by atoms with Crippen LogP contribution in [0.25, 0.3) is 0 Å². The zero-order valence-electron chi connectivity index (χ0n) is 13.5. The van der Waals surface area contributed by atoms with Gasteiger partial charge in [-0.2, -0.15) is 4.31 Å². The van der Waals surface area contributed by atoms with Gasteiger partial charge in [-0.15, -0.1) is 0 Å². The van der Waals surface area contributed by atoms with E-state index in [2.05, 4.69) is 5.32 Å². The largest absolute Gasteiger partial charge is 0.377 e. The van der Waals surface area contributed by atoms with Crippen LogP contribution in [0.5, 0.6) is 0 Å². The van der Waals surface area contributed by atoms with Gasteiger partial charge >= 0.3 is 0 Å². The Morgan fingerprint density at radius 2 is 2.00 bits per heavy atom. The molecule has 0 aliphatic carbocycles. The maximum atomic E-state index is 12.6. The molecule has 0 heterocycles. The van der Waals surface area contributed by atoms with E-state index in [1.54, 1.807) is 19.2 Å². The molecule has 0 saturated carbocycles. The molecule has 0 unspecified atom stereocenters. The fourth-order valence-electron chi connectivity index (χ4n) is 2.03. The number of nitrogens with zero attached hydrogens (tertiary/aromatic N) is 1. The minimum absolute atomic E-state index is 0.0989. The number of hydrogen-bond acceptors (Lipinski definition) is 4. The van der Waals surface area contributed by atoms with E-state index in [1.807, 2.05) is 33.9 Å². The molecule has 0 amide bonds. The number of nitrogens with one attached hydrogen (secondary N) is 1. The maximum Gasteiger partial charge on any atom is 0.243 e. The average Bonchev–Trinajstić information content (AvgIpc) is 2.40. The average molecular weight is 314 g/mol. The van der Waals surface area contributed by atoms with E-state index in [9.17, 15) is 8.42 Å². The van der Waals surface area contributed by atoms with Crippen LogP contribution < -0.4 is 5.32 Å². The van der Waals surface area contributed by atoms with E-state index < -0.39 is 10.0 Å². The van der Waals surface area contributed by atoms with Gasteiger partial charge in [-0.05, 0) is 45.0 Å². The molecule has 0 atom stereocenters. The SMILES string of the molecule is CNCc1cccc(S(=O)(=O)N(C)CCOC(C)C)c1C. The predicted octanol–water partition coefficient (Wildman–Crippen LogP) is 1.76. The Hall–Kier alpha value is -0.950. The second-order valence-corrected chi connectivity index (χ2v) is 7.33. The lowest BCUT2D eigenvalue weighted by atomic mass is 10.1. The van der Waals surface area contributed by atoms with Crippen molar-refractivity contribution in [3.63, 3.8) is 0 Å². The number of likely N-dealkylation sites (N-methyl/N-ethyl adjacent to an activating group) is 1. The van der Waals surface area contributed by atoms with Gasteiger partial charge in [0.25, 0.3) is 0 Å². The van der Waals surface area contributed by atoms with Crippen molar-refractivity contribution in [1.29, 1.82) is 0 Å². The lowest BCUT2D eigenvalue weighted by molar-refractivity contribution is 0.0737. The number of sulfonamides is 1. The Labute approximate surface area is 128 Å². The summed E-state index contributed by atoms with van der Waals surface area (Å²) in [5.74, 6) is 0. The van der Waals surface area contributed by atoms with Crippen molar-refractivity contribution in [3.05, 3.63) is 29.3 Å². The van der Waals surface area contributed by atoms with E-state index in [0.717, 1.165) is 11.1 Å². The van der Waals surface area contributed by atoms with E-state index in [0.29, 0.717) is 24.6 Å². The van der Waals surface area contributed by atoms with Crippen molar-refractivity contribution in [2.24, 2.45) is 0 Å². The molecule has 1 rings (SSSR count). The molecule has 0 aliphatic rings. The topological polar surface area (TPSA) is 58.6 Å². The zero-order valence-corrected chi connectivity index (χ0v) is 14.3. The minimum Gasteiger partial charge on any atom is -0.377 e. The quantitative estimate of drug-likeness (QED) is 0.794. The Balaban J connectivity index is 2.94.